The molecular weight excluding hydrogens is 400 g/mol. The number of hydrogen-bond donors (Lipinski definition) is 1. The summed E-state index contributed by atoms with van der Waals surface area (Å²) < 4.78 is 5.12. The Hall–Kier alpha value is -3.58. The predicted octanol–water partition coefficient (Wildman–Crippen LogP) is 3.79. The van der Waals surface area contributed by atoms with Crippen LogP contribution in [0.3, 0.4) is 0 Å². The van der Waals surface area contributed by atoms with Gasteiger partial charge < -0.3 is 10.1 Å². The van der Waals surface area contributed by atoms with Crippen LogP contribution in [0.25, 0.3) is 0 Å². The zero-order valence-electron chi connectivity index (χ0n) is 15.9. The van der Waals surface area contributed by atoms with E-state index < -0.39 is 12.6 Å². The Kier molecular flexibility index (Phi) is 5.81. The number of esters is 1. The van der Waals surface area contributed by atoms with Gasteiger partial charge in [-0.25, -0.2) is 0 Å². The molecule has 4 rings (SSSR count). The van der Waals surface area contributed by atoms with Gasteiger partial charge in [0.2, 0.25) is 0 Å². The highest BCUT2D eigenvalue weighted by Crippen LogP contribution is 2.47. The van der Waals surface area contributed by atoms with Crippen molar-refractivity contribution >= 4 is 40.9 Å². The van der Waals surface area contributed by atoms with Gasteiger partial charge >= 0.3 is 5.97 Å². The third-order valence-electron chi connectivity index (χ3n) is 4.47. The molecule has 0 saturated heterocycles. The highest BCUT2D eigenvalue weighted by molar-refractivity contribution is 7.99. The summed E-state index contributed by atoms with van der Waals surface area (Å²) in [6.45, 7) is -0.739. The van der Waals surface area contributed by atoms with Crippen molar-refractivity contribution in [1.29, 1.82) is 0 Å². The number of ether oxygens (including phenoxy) is 1. The number of carbonyl (C=O) groups excluding carboxylic acids is 3. The largest absolute Gasteiger partial charge is 0.454 e. The topological polar surface area (TPSA) is 75.7 Å². The number of nitrogens with one attached hydrogen (secondary N) is 1. The molecule has 1 aliphatic rings. The molecule has 3 aromatic rings. The van der Waals surface area contributed by atoms with Crippen LogP contribution in [0.1, 0.15) is 10.4 Å². The SMILES string of the molecule is O=C(CNC(=O)c1ccccc1)OCC(=O)N1c2ccccc2Sc2ccccc21. The average Bonchev–Trinajstić information content (AvgIpc) is 2.79. The number of hydrogen-bond acceptors (Lipinski definition) is 5. The molecule has 0 fully saturated rings. The first-order valence-electron chi connectivity index (χ1n) is 9.31. The average molecular weight is 418 g/mol. The fourth-order valence-electron chi connectivity index (χ4n) is 3.08. The van der Waals surface area contributed by atoms with Crippen LogP contribution in [-0.4, -0.2) is 30.9 Å². The van der Waals surface area contributed by atoms with E-state index in [1.807, 2.05) is 48.5 Å². The fourth-order valence-corrected chi connectivity index (χ4v) is 4.13. The zero-order chi connectivity index (χ0) is 20.9. The maximum atomic E-state index is 12.9. The molecule has 0 aromatic heterocycles. The second kappa shape index (κ2) is 8.84. The molecule has 7 heteroatoms. The normalized spacial score (nSPS) is 11.8. The van der Waals surface area contributed by atoms with Gasteiger partial charge in [0.15, 0.2) is 6.61 Å². The van der Waals surface area contributed by atoms with Crippen LogP contribution in [0, 0.1) is 0 Å². The Labute approximate surface area is 177 Å². The number of fused-ring (bicyclic) bond motifs is 2. The first-order valence-corrected chi connectivity index (χ1v) is 10.1. The van der Waals surface area contributed by atoms with Gasteiger partial charge in [-0.2, -0.15) is 0 Å². The molecule has 0 aliphatic carbocycles. The smallest absolute Gasteiger partial charge is 0.325 e. The van der Waals surface area contributed by atoms with Gasteiger partial charge in [0.1, 0.15) is 6.54 Å². The molecule has 0 saturated carbocycles. The maximum Gasteiger partial charge on any atom is 0.325 e. The molecule has 0 unspecified atom stereocenters. The summed E-state index contributed by atoms with van der Waals surface area (Å²) in [5.74, 6) is -1.42. The molecule has 3 aromatic carbocycles. The van der Waals surface area contributed by atoms with E-state index in [0.29, 0.717) is 5.56 Å². The highest BCUT2D eigenvalue weighted by atomic mass is 32.2. The summed E-state index contributed by atoms with van der Waals surface area (Å²) in [4.78, 5) is 40.5. The van der Waals surface area contributed by atoms with Crippen LogP contribution >= 0.6 is 11.8 Å². The van der Waals surface area contributed by atoms with Crippen LogP contribution in [-0.2, 0) is 14.3 Å². The molecule has 2 amide bonds. The lowest BCUT2D eigenvalue weighted by Crippen LogP contribution is -2.35. The van der Waals surface area contributed by atoms with Crippen LogP contribution in [0.5, 0.6) is 0 Å². The second-order valence-electron chi connectivity index (χ2n) is 6.48. The Bertz CT molecular complexity index is 1060. The van der Waals surface area contributed by atoms with E-state index in [1.54, 1.807) is 47.0 Å². The third kappa shape index (κ3) is 4.21. The highest BCUT2D eigenvalue weighted by Gasteiger charge is 2.28. The van der Waals surface area contributed by atoms with Crippen molar-refractivity contribution in [3.05, 3.63) is 84.4 Å². The predicted molar refractivity (Wildman–Crippen MR) is 114 cm³/mol. The zero-order valence-corrected chi connectivity index (χ0v) is 16.7. The molecule has 1 heterocycles. The van der Waals surface area contributed by atoms with E-state index in [9.17, 15) is 14.4 Å². The number of nitrogens with zero attached hydrogens (tertiary/aromatic N) is 1. The van der Waals surface area contributed by atoms with E-state index in [-0.39, 0.29) is 18.4 Å². The quantitative estimate of drug-likeness (QED) is 0.638. The van der Waals surface area contributed by atoms with Gasteiger partial charge in [-0.15, -0.1) is 0 Å². The van der Waals surface area contributed by atoms with Crippen molar-refractivity contribution in [1.82, 2.24) is 5.32 Å². The van der Waals surface area contributed by atoms with E-state index in [0.717, 1.165) is 21.2 Å². The minimum absolute atomic E-state index is 0.315. The summed E-state index contributed by atoms with van der Waals surface area (Å²) in [6, 6.07) is 23.7. The number of rotatable bonds is 5. The van der Waals surface area contributed by atoms with E-state index in [2.05, 4.69) is 5.32 Å². The van der Waals surface area contributed by atoms with Crippen LogP contribution in [0.2, 0.25) is 0 Å². The van der Waals surface area contributed by atoms with Crippen molar-refractivity contribution in [2.75, 3.05) is 18.1 Å². The van der Waals surface area contributed by atoms with Crippen molar-refractivity contribution in [3.8, 4) is 0 Å². The Balaban J connectivity index is 1.40. The van der Waals surface area contributed by atoms with Gasteiger partial charge in [-0.3, -0.25) is 19.3 Å². The Morgan fingerprint density at radius 2 is 1.37 bits per heavy atom. The molecule has 0 spiro atoms. The van der Waals surface area contributed by atoms with E-state index >= 15 is 0 Å². The summed E-state index contributed by atoms with van der Waals surface area (Å²) in [6.07, 6.45) is 0. The fraction of sp³-hybridized carbons (Fsp3) is 0.0870. The number of anilines is 2. The van der Waals surface area contributed by atoms with E-state index in [4.69, 9.17) is 4.74 Å². The molecule has 0 radical (unpaired) electrons. The summed E-state index contributed by atoms with van der Waals surface area (Å²) in [7, 11) is 0. The number of para-hydroxylation sites is 2. The van der Waals surface area contributed by atoms with Gasteiger partial charge in [0.25, 0.3) is 11.8 Å². The lowest BCUT2D eigenvalue weighted by Gasteiger charge is -2.30. The summed E-state index contributed by atoms with van der Waals surface area (Å²) in [5.41, 5.74) is 1.94. The number of benzene rings is 3. The first-order chi connectivity index (χ1) is 14.6. The third-order valence-corrected chi connectivity index (χ3v) is 5.60. The first kappa shape index (κ1) is 19.7. The second-order valence-corrected chi connectivity index (χ2v) is 7.56. The Morgan fingerprint density at radius 1 is 0.800 bits per heavy atom. The molecule has 30 heavy (non-hydrogen) atoms. The lowest BCUT2D eigenvalue weighted by molar-refractivity contribution is -0.146. The molecule has 1 aliphatic heterocycles. The molecule has 0 bridgehead atoms. The molecule has 1 N–H and O–H groups in total. The minimum Gasteiger partial charge on any atom is -0.454 e. The van der Waals surface area contributed by atoms with Crippen LogP contribution < -0.4 is 10.2 Å². The van der Waals surface area contributed by atoms with Crippen molar-refractivity contribution in [3.63, 3.8) is 0 Å². The van der Waals surface area contributed by atoms with Crippen molar-refractivity contribution in [2.24, 2.45) is 0 Å². The molecular formula is C23H18N2O4S. The van der Waals surface area contributed by atoms with Gasteiger partial charge in [-0.05, 0) is 36.4 Å². The summed E-state index contributed by atoms with van der Waals surface area (Å²) >= 11 is 1.59. The van der Waals surface area contributed by atoms with Gasteiger partial charge in [0.05, 0.1) is 11.4 Å². The van der Waals surface area contributed by atoms with Crippen molar-refractivity contribution < 1.29 is 19.1 Å². The minimum atomic E-state index is -0.680. The maximum absolute atomic E-state index is 12.9. The van der Waals surface area contributed by atoms with Gasteiger partial charge in [0, 0.05) is 15.4 Å². The number of amides is 2. The van der Waals surface area contributed by atoms with E-state index in [1.165, 1.54) is 0 Å². The number of carbonyl (C=O) groups is 3. The summed E-state index contributed by atoms with van der Waals surface area (Å²) in [5, 5.41) is 2.49. The molecule has 6 nitrogen and oxygen atoms in total. The monoisotopic (exact) mass is 418 g/mol. The molecule has 0 atom stereocenters. The lowest BCUT2D eigenvalue weighted by atomic mass is 10.2. The molecule has 150 valence electrons. The van der Waals surface area contributed by atoms with Crippen LogP contribution in [0.4, 0.5) is 11.4 Å². The van der Waals surface area contributed by atoms with Gasteiger partial charge in [-0.1, -0.05) is 54.2 Å². The van der Waals surface area contributed by atoms with Crippen LogP contribution in [0.15, 0.2) is 88.7 Å². The standard InChI is InChI=1S/C23H18N2O4S/c26-21(15-29-22(27)14-24-23(28)16-8-2-1-3-9-16)25-17-10-4-6-12-19(17)30-20-13-7-5-11-18(20)25/h1-13H,14-15H2,(H,24,28). The van der Waals surface area contributed by atoms with Crippen molar-refractivity contribution in [2.45, 2.75) is 9.79 Å². The Morgan fingerprint density at radius 3 is 2.00 bits per heavy atom.